The number of halogens is 1. The molecule has 128 valence electrons. The Morgan fingerprint density at radius 3 is 2.74 bits per heavy atom. The molecule has 0 aliphatic carbocycles. The van der Waals surface area contributed by atoms with Gasteiger partial charge < -0.3 is 20.1 Å². The predicted molar refractivity (Wildman–Crippen MR) is 87.1 cm³/mol. The van der Waals surface area contributed by atoms with Gasteiger partial charge in [-0.25, -0.2) is 9.38 Å². The molecule has 0 amide bonds. The van der Waals surface area contributed by atoms with Gasteiger partial charge >= 0.3 is 5.97 Å². The minimum atomic E-state index is -0.397. The summed E-state index contributed by atoms with van der Waals surface area (Å²) in [6.45, 7) is 5.21. The summed E-state index contributed by atoms with van der Waals surface area (Å²) in [4.78, 5) is 15.4. The van der Waals surface area contributed by atoms with Gasteiger partial charge in [0.15, 0.2) is 17.5 Å². The van der Waals surface area contributed by atoms with Crippen LogP contribution in [0.2, 0.25) is 0 Å². The number of rotatable bonds is 8. The van der Waals surface area contributed by atoms with E-state index in [0.717, 1.165) is 0 Å². The monoisotopic (exact) mass is 325 g/mol. The molecule has 0 spiro atoms. The summed E-state index contributed by atoms with van der Waals surface area (Å²) in [5.41, 5.74) is 0. The highest BCUT2D eigenvalue weighted by Crippen LogP contribution is 2.16. The predicted octanol–water partition coefficient (Wildman–Crippen LogP) is 1.71. The van der Waals surface area contributed by atoms with Crippen molar-refractivity contribution >= 4 is 11.9 Å². The largest absolute Gasteiger partial charge is 0.486 e. The van der Waals surface area contributed by atoms with Gasteiger partial charge in [0, 0.05) is 13.1 Å². The first-order chi connectivity index (χ1) is 11.1. The van der Waals surface area contributed by atoms with Gasteiger partial charge in [-0.1, -0.05) is 12.1 Å². The Balaban J connectivity index is 2.48. The number of benzene rings is 1. The highest BCUT2D eigenvalue weighted by atomic mass is 19.1. The maximum atomic E-state index is 13.5. The van der Waals surface area contributed by atoms with Gasteiger partial charge in [0.1, 0.15) is 6.10 Å². The van der Waals surface area contributed by atoms with Crippen LogP contribution in [0.25, 0.3) is 0 Å². The number of hydrogen-bond donors (Lipinski definition) is 2. The fourth-order valence-electron chi connectivity index (χ4n) is 1.74. The molecule has 0 bridgehead atoms. The fraction of sp³-hybridized carbons (Fsp3) is 0.500. The maximum absolute atomic E-state index is 13.5. The summed E-state index contributed by atoms with van der Waals surface area (Å²) in [5.74, 6) is 0.0929. The number of guanidine groups is 1. The number of methoxy groups -OCH3 is 1. The van der Waals surface area contributed by atoms with Crippen molar-refractivity contribution < 1.29 is 18.7 Å². The molecular weight excluding hydrogens is 301 g/mol. The highest BCUT2D eigenvalue weighted by Gasteiger charge is 2.08. The lowest BCUT2D eigenvalue weighted by Crippen LogP contribution is -2.39. The minimum Gasteiger partial charge on any atom is -0.486 e. The Morgan fingerprint density at radius 2 is 2.09 bits per heavy atom. The molecule has 7 heteroatoms. The first kappa shape index (κ1) is 18.7. The summed E-state index contributed by atoms with van der Waals surface area (Å²) in [6, 6.07) is 6.26. The SMILES string of the molecule is CCNC(=NCC(C)Oc1ccccc1F)NCCC(=O)OC. The van der Waals surface area contributed by atoms with E-state index in [2.05, 4.69) is 20.4 Å². The number of para-hydroxylation sites is 1. The van der Waals surface area contributed by atoms with E-state index in [1.807, 2.05) is 13.8 Å². The zero-order valence-corrected chi connectivity index (χ0v) is 13.8. The van der Waals surface area contributed by atoms with Crippen molar-refractivity contribution in [2.45, 2.75) is 26.4 Å². The van der Waals surface area contributed by atoms with E-state index in [1.54, 1.807) is 18.2 Å². The van der Waals surface area contributed by atoms with Gasteiger partial charge in [-0.3, -0.25) is 4.79 Å². The zero-order valence-electron chi connectivity index (χ0n) is 13.8. The molecule has 1 aromatic carbocycles. The molecule has 0 fully saturated rings. The molecule has 0 saturated heterocycles. The third-order valence-corrected chi connectivity index (χ3v) is 2.86. The number of carbonyl (C=O) groups is 1. The normalized spacial score (nSPS) is 12.4. The van der Waals surface area contributed by atoms with E-state index < -0.39 is 5.82 Å². The van der Waals surface area contributed by atoms with E-state index in [9.17, 15) is 9.18 Å². The molecule has 0 heterocycles. The Labute approximate surface area is 136 Å². The standard InChI is InChI=1S/C16H24FN3O3/c1-4-18-16(19-10-9-15(21)22-3)20-11-12(2)23-14-8-6-5-7-13(14)17/h5-8,12H,4,9-11H2,1-3H3,(H2,18,19,20). The average Bonchev–Trinajstić information content (AvgIpc) is 2.54. The molecule has 1 atom stereocenters. The molecule has 0 aliphatic heterocycles. The molecule has 0 radical (unpaired) electrons. The topological polar surface area (TPSA) is 72.0 Å². The van der Waals surface area contributed by atoms with Crippen LogP contribution in [0.15, 0.2) is 29.3 Å². The van der Waals surface area contributed by atoms with Crippen molar-refractivity contribution in [1.29, 1.82) is 0 Å². The molecule has 6 nitrogen and oxygen atoms in total. The lowest BCUT2D eigenvalue weighted by atomic mass is 10.3. The van der Waals surface area contributed by atoms with Crippen LogP contribution in [-0.4, -0.2) is 44.8 Å². The maximum Gasteiger partial charge on any atom is 0.307 e. The number of ether oxygens (including phenoxy) is 2. The van der Waals surface area contributed by atoms with E-state index in [-0.39, 0.29) is 24.2 Å². The molecule has 1 rings (SSSR count). The van der Waals surface area contributed by atoms with Crippen molar-refractivity contribution in [2.75, 3.05) is 26.7 Å². The van der Waals surface area contributed by atoms with E-state index in [4.69, 9.17) is 4.74 Å². The molecule has 0 saturated carbocycles. The van der Waals surface area contributed by atoms with Crippen LogP contribution in [-0.2, 0) is 9.53 Å². The van der Waals surface area contributed by atoms with E-state index in [1.165, 1.54) is 13.2 Å². The molecule has 23 heavy (non-hydrogen) atoms. The van der Waals surface area contributed by atoms with Gasteiger partial charge in [0.05, 0.1) is 20.1 Å². The smallest absolute Gasteiger partial charge is 0.307 e. The lowest BCUT2D eigenvalue weighted by molar-refractivity contribution is -0.140. The Hall–Kier alpha value is -2.31. The Kier molecular flexibility index (Phi) is 8.49. The average molecular weight is 325 g/mol. The summed E-state index contributed by atoms with van der Waals surface area (Å²) < 4.78 is 23.6. The summed E-state index contributed by atoms with van der Waals surface area (Å²) in [7, 11) is 1.35. The van der Waals surface area contributed by atoms with E-state index in [0.29, 0.717) is 25.6 Å². The number of aliphatic imine (C=N–C) groups is 1. The second-order valence-electron chi connectivity index (χ2n) is 4.83. The van der Waals surface area contributed by atoms with Crippen LogP contribution in [0.1, 0.15) is 20.3 Å². The number of esters is 1. The van der Waals surface area contributed by atoms with Crippen LogP contribution < -0.4 is 15.4 Å². The third kappa shape index (κ3) is 7.49. The molecule has 1 aromatic rings. The second-order valence-corrected chi connectivity index (χ2v) is 4.83. The summed E-state index contributed by atoms with van der Waals surface area (Å²) >= 11 is 0. The highest BCUT2D eigenvalue weighted by molar-refractivity contribution is 5.80. The fourth-order valence-corrected chi connectivity index (χ4v) is 1.74. The van der Waals surface area contributed by atoms with Crippen molar-refractivity contribution in [2.24, 2.45) is 4.99 Å². The van der Waals surface area contributed by atoms with Gasteiger partial charge in [-0.2, -0.15) is 0 Å². The van der Waals surface area contributed by atoms with E-state index >= 15 is 0 Å². The van der Waals surface area contributed by atoms with Gasteiger partial charge in [0.2, 0.25) is 0 Å². The summed E-state index contributed by atoms with van der Waals surface area (Å²) in [5, 5.41) is 6.09. The molecule has 0 aliphatic rings. The molecule has 2 N–H and O–H groups in total. The lowest BCUT2D eigenvalue weighted by Gasteiger charge is -2.15. The number of nitrogens with one attached hydrogen (secondary N) is 2. The van der Waals surface area contributed by atoms with Crippen LogP contribution in [0.3, 0.4) is 0 Å². The minimum absolute atomic E-state index is 0.207. The van der Waals surface area contributed by atoms with Crippen LogP contribution >= 0.6 is 0 Å². The molecular formula is C16H24FN3O3. The van der Waals surface area contributed by atoms with Gasteiger partial charge in [-0.05, 0) is 26.0 Å². The number of hydrogen-bond acceptors (Lipinski definition) is 4. The molecule has 1 unspecified atom stereocenters. The quantitative estimate of drug-likeness (QED) is 0.432. The first-order valence-corrected chi connectivity index (χ1v) is 7.57. The Morgan fingerprint density at radius 1 is 1.35 bits per heavy atom. The molecule has 0 aromatic heterocycles. The van der Waals surface area contributed by atoms with Gasteiger partial charge in [-0.15, -0.1) is 0 Å². The van der Waals surface area contributed by atoms with Crippen molar-refractivity contribution in [3.05, 3.63) is 30.1 Å². The van der Waals surface area contributed by atoms with Gasteiger partial charge in [0.25, 0.3) is 0 Å². The van der Waals surface area contributed by atoms with Crippen molar-refractivity contribution in [1.82, 2.24) is 10.6 Å². The zero-order chi connectivity index (χ0) is 17.1. The number of carbonyl (C=O) groups excluding carboxylic acids is 1. The second kappa shape index (κ2) is 10.4. The van der Waals surface area contributed by atoms with Crippen molar-refractivity contribution in [3.8, 4) is 5.75 Å². The first-order valence-electron chi connectivity index (χ1n) is 7.57. The third-order valence-electron chi connectivity index (χ3n) is 2.86. The number of nitrogens with zero attached hydrogens (tertiary/aromatic N) is 1. The summed E-state index contributed by atoms with van der Waals surface area (Å²) in [6.07, 6.45) is -0.0367. The van der Waals surface area contributed by atoms with Crippen LogP contribution in [0, 0.1) is 5.82 Å². The van der Waals surface area contributed by atoms with Crippen molar-refractivity contribution in [3.63, 3.8) is 0 Å². The van der Waals surface area contributed by atoms with Crippen LogP contribution in [0.4, 0.5) is 4.39 Å². The Bertz CT molecular complexity index is 523. The van der Waals surface area contributed by atoms with Crippen LogP contribution in [0.5, 0.6) is 5.75 Å².